The molecule has 0 saturated heterocycles. The molecule has 200 valence electrons. The number of aromatic amines is 1. The van der Waals surface area contributed by atoms with Crippen molar-refractivity contribution in [3.8, 4) is 0 Å². The minimum absolute atomic E-state index is 0.105. The number of hydrazone groups is 1. The van der Waals surface area contributed by atoms with Gasteiger partial charge in [0.2, 0.25) is 0 Å². The Labute approximate surface area is 216 Å². The van der Waals surface area contributed by atoms with Crippen LogP contribution < -0.4 is 10.0 Å². The van der Waals surface area contributed by atoms with Crippen molar-refractivity contribution >= 4 is 32.5 Å². The van der Waals surface area contributed by atoms with Gasteiger partial charge in [0.1, 0.15) is 0 Å². The highest BCUT2D eigenvalue weighted by Gasteiger charge is 2.24. The molecule has 1 aliphatic rings. The van der Waals surface area contributed by atoms with Crippen molar-refractivity contribution < 1.29 is 8.42 Å². The van der Waals surface area contributed by atoms with Gasteiger partial charge in [0.25, 0.3) is 0 Å². The zero-order chi connectivity index (χ0) is 26.5. The zero-order valence-electron chi connectivity index (χ0n) is 22.9. The number of unbranched alkanes of at least 4 members (excludes halogenated alkanes) is 1. The van der Waals surface area contributed by atoms with E-state index in [1.807, 2.05) is 44.1 Å². The first kappa shape index (κ1) is 28.0. The van der Waals surface area contributed by atoms with Crippen LogP contribution in [0, 0.1) is 6.92 Å². The second-order valence-corrected chi connectivity index (χ2v) is 11.6. The van der Waals surface area contributed by atoms with Crippen LogP contribution in [0.25, 0.3) is 10.9 Å². The summed E-state index contributed by atoms with van der Waals surface area (Å²) in [7, 11) is 2.42. The summed E-state index contributed by atoms with van der Waals surface area (Å²) in [5.74, 6) is 0. The highest BCUT2D eigenvalue weighted by Crippen LogP contribution is 2.27. The van der Waals surface area contributed by atoms with Gasteiger partial charge in [-0.3, -0.25) is 9.73 Å². The highest BCUT2D eigenvalue weighted by atomic mass is 32.2. The average Bonchev–Trinajstić information content (AvgIpc) is 3.10. The molecule has 2 aromatic rings. The monoisotopic (exact) mass is 517 g/mol. The molecule has 0 spiro atoms. The van der Waals surface area contributed by atoms with Crippen LogP contribution in [-0.2, 0) is 16.6 Å². The molecule has 0 amide bonds. The standard InChI is InChI=1S/C26H43N7O2S/c1-8-9-14-33(19(2)3)36(34,35)30-21-10-11-26-25(16-21)24(20(4)28-26)12-13-27-17-22-15-23(31(5)6)18-32(7)29-22/h10-11,16,18-19,27-28,30H,8-9,12-15,17H2,1-7H3. The quantitative estimate of drug-likeness (QED) is 0.351. The molecule has 10 heteroatoms. The molecule has 0 radical (unpaired) electrons. The van der Waals surface area contributed by atoms with E-state index in [4.69, 9.17) is 0 Å². The number of aryl methyl sites for hydroxylation is 1. The lowest BCUT2D eigenvalue weighted by atomic mass is 10.1. The fourth-order valence-electron chi connectivity index (χ4n) is 4.52. The molecule has 1 aromatic carbocycles. The number of nitrogens with one attached hydrogen (secondary N) is 3. The van der Waals surface area contributed by atoms with Crippen LogP contribution in [0.15, 0.2) is 35.2 Å². The molecule has 0 fully saturated rings. The van der Waals surface area contributed by atoms with Gasteiger partial charge in [0.05, 0.1) is 11.4 Å². The van der Waals surface area contributed by atoms with E-state index in [9.17, 15) is 8.42 Å². The first-order chi connectivity index (χ1) is 17.0. The minimum Gasteiger partial charge on any atom is -0.379 e. The van der Waals surface area contributed by atoms with Gasteiger partial charge in [-0.05, 0) is 63.9 Å². The summed E-state index contributed by atoms with van der Waals surface area (Å²) < 4.78 is 30.5. The summed E-state index contributed by atoms with van der Waals surface area (Å²) in [4.78, 5) is 5.56. The van der Waals surface area contributed by atoms with Crippen LogP contribution in [0.1, 0.15) is 51.3 Å². The van der Waals surface area contributed by atoms with Gasteiger partial charge in [-0.2, -0.15) is 17.8 Å². The van der Waals surface area contributed by atoms with Crippen molar-refractivity contribution in [3.05, 3.63) is 41.4 Å². The molecule has 0 aliphatic carbocycles. The Hall–Kier alpha value is -2.56. The number of H-pyrrole nitrogens is 1. The summed E-state index contributed by atoms with van der Waals surface area (Å²) in [5.41, 5.74) is 6.23. The third kappa shape index (κ3) is 7.02. The van der Waals surface area contributed by atoms with Crippen LogP contribution >= 0.6 is 0 Å². The van der Waals surface area contributed by atoms with Gasteiger partial charge in [0.15, 0.2) is 0 Å². The van der Waals surface area contributed by atoms with E-state index < -0.39 is 10.2 Å². The maximum Gasteiger partial charge on any atom is 0.301 e. The highest BCUT2D eigenvalue weighted by molar-refractivity contribution is 7.90. The molecule has 0 saturated carbocycles. The van der Waals surface area contributed by atoms with Crippen LogP contribution in [0.5, 0.6) is 0 Å². The van der Waals surface area contributed by atoms with E-state index in [0.29, 0.717) is 12.2 Å². The van der Waals surface area contributed by atoms with Gasteiger partial charge >= 0.3 is 10.2 Å². The van der Waals surface area contributed by atoms with Gasteiger partial charge in [-0.15, -0.1) is 0 Å². The largest absolute Gasteiger partial charge is 0.379 e. The van der Waals surface area contributed by atoms with E-state index in [1.54, 1.807) is 0 Å². The molecular formula is C26H43N7O2S. The Morgan fingerprint density at radius 2 is 2.00 bits per heavy atom. The number of fused-ring (bicyclic) bond motifs is 1. The summed E-state index contributed by atoms with van der Waals surface area (Å²) in [5, 5.41) is 11.1. The number of aromatic nitrogens is 1. The maximum atomic E-state index is 13.1. The number of rotatable bonds is 13. The predicted octanol–water partition coefficient (Wildman–Crippen LogP) is 3.87. The molecule has 0 unspecified atom stereocenters. The Bertz CT molecular complexity index is 1200. The zero-order valence-corrected chi connectivity index (χ0v) is 23.7. The van der Waals surface area contributed by atoms with E-state index in [-0.39, 0.29) is 6.04 Å². The SMILES string of the molecule is CCCCN(C(C)C)S(=O)(=O)Nc1ccc2[nH]c(C)c(CCNCC3=NN(C)C=C(N(C)C)C3)c2c1. The van der Waals surface area contributed by atoms with Crippen LogP contribution in [0.2, 0.25) is 0 Å². The van der Waals surface area contributed by atoms with Crippen molar-refractivity contribution in [3.63, 3.8) is 0 Å². The Balaban J connectivity index is 1.67. The lowest BCUT2D eigenvalue weighted by Crippen LogP contribution is -2.41. The third-order valence-corrected chi connectivity index (χ3v) is 8.17. The summed E-state index contributed by atoms with van der Waals surface area (Å²) in [6.45, 7) is 9.99. The van der Waals surface area contributed by atoms with Crippen molar-refractivity contribution in [1.82, 2.24) is 24.5 Å². The minimum atomic E-state index is -3.63. The van der Waals surface area contributed by atoms with Gasteiger partial charge < -0.3 is 15.2 Å². The number of anilines is 1. The predicted molar refractivity (Wildman–Crippen MR) is 150 cm³/mol. The van der Waals surface area contributed by atoms with Crippen molar-refractivity contribution in [2.45, 2.75) is 59.4 Å². The average molecular weight is 518 g/mol. The first-order valence-corrected chi connectivity index (χ1v) is 14.2. The lowest BCUT2D eigenvalue weighted by Gasteiger charge is -2.26. The third-order valence-electron chi connectivity index (χ3n) is 6.46. The van der Waals surface area contributed by atoms with Crippen LogP contribution in [-0.4, -0.2) is 80.1 Å². The smallest absolute Gasteiger partial charge is 0.301 e. The van der Waals surface area contributed by atoms with Crippen molar-refractivity contribution in [2.75, 3.05) is 45.5 Å². The molecular weight excluding hydrogens is 474 g/mol. The second kappa shape index (κ2) is 12.1. The molecule has 3 N–H and O–H groups in total. The molecule has 2 heterocycles. The van der Waals surface area contributed by atoms with Gasteiger partial charge in [0, 0.05) is 75.2 Å². The van der Waals surface area contributed by atoms with E-state index >= 15 is 0 Å². The van der Waals surface area contributed by atoms with Gasteiger partial charge in [-0.1, -0.05) is 13.3 Å². The summed E-state index contributed by atoms with van der Waals surface area (Å²) in [6, 6.07) is 5.61. The Morgan fingerprint density at radius 3 is 2.67 bits per heavy atom. The summed E-state index contributed by atoms with van der Waals surface area (Å²) >= 11 is 0. The molecule has 1 aliphatic heterocycles. The molecule has 0 bridgehead atoms. The van der Waals surface area contributed by atoms with Crippen LogP contribution in [0.3, 0.4) is 0 Å². The molecule has 36 heavy (non-hydrogen) atoms. The number of allylic oxidation sites excluding steroid dienone is 1. The van der Waals surface area contributed by atoms with Gasteiger partial charge in [-0.25, -0.2) is 0 Å². The normalized spacial score (nSPS) is 14.5. The summed E-state index contributed by atoms with van der Waals surface area (Å²) in [6.07, 6.45) is 5.50. The van der Waals surface area contributed by atoms with Crippen LogP contribution in [0.4, 0.5) is 5.69 Å². The Morgan fingerprint density at radius 1 is 1.25 bits per heavy atom. The maximum absolute atomic E-state index is 13.1. The molecule has 0 atom stereocenters. The van der Waals surface area contributed by atoms with Crippen molar-refractivity contribution in [2.24, 2.45) is 5.10 Å². The number of hydrogen-bond donors (Lipinski definition) is 3. The fraction of sp³-hybridized carbons (Fsp3) is 0.577. The Kier molecular flexibility index (Phi) is 9.43. The van der Waals surface area contributed by atoms with E-state index in [0.717, 1.165) is 61.1 Å². The number of hydrogen-bond acceptors (Lipinski definition) is 6. The molecule has 9 nitrogen and oxygen atoms in total. The lowest BCUT2D eigenvalue weighted by molar-refractivity contribution is 0.351. The molecule has 3 rings (SSSR count). The number of nitrogens with zero attached hydrogens (tertiary/aromatic N) is 4. The first-order valence-electron chi connectivity index (χ1n) is 12.8. The second-order valence-electron chi connectivity index (χ2n) is 10.0. The molecule has 1 aromatic heterocycles. The van der Waals surface area contributed by atoms with E-state index in [2.05, 4.69) is 59.2 Å². The fourth-order valence-corrected chi connectivity index (χ4v) is 5.99. The van der Waals surface area contributed by atoms with E-state index in [1.165, 1.54) is 15.6 Å². The van der Waals surface area contributed by atoms with Crippen molar-refractivity contribution in [1.29, 1.82) is 0 Å². The number of benzene rings is 1. The topological polar surface area (TPSA) is 96.1 Å².